The van der Waals surface area contributed by atoms with Gasteiger partial charge in [0, 0.05) is 36.8 Å². The maximum absolute atomic E-state index is 11.4. The van der Waals surface area contributed by atoms with Crippen molar-refractivity contribution in [2.45, 2.75) is 38.0 Å². The molecule has 1 heterocycles. The first-order valence-corrected chi connectivity index (χ1v) is 11.8. The molecule has 0 saturated heterocycles. The third-order valence-corrected chi connectivity index (χ3v) is 5.05. The highest BCUT2D eigenvalue weighted by Gasteiger charge is 2.03. The molecule has 0 amide bonds. The molecule has 0 spiro atoms. The van der Waals surface area contributed by atoms with E-state index in [1.807, 2.05) is 54.8 Å². The smallest absolute Gasteiger partial charge is 0.309 e. The predicted octanol–water partition coefficient (Wildman–Crippen LogP) is 6.31. The molecule has 1 aromatic carbocycles. The average molecular weight is 466 g/mol. The molecule has 0 fully saturated rings. The number of aryl methyl sites for hydroxylation is 1. The number of carbonyl (C=O) groups is 1. The van der Waals surface area contributed by atoms with Gasteiger partial charge in [-0.25, -0.2) is 4.99 Å². The Balaban J connectivity index is 0.000000779. The van der Waals surface area contributed by atoms with Crippen molar-refractivity contribution >= 4 is 24.1 Å². The molecule has 0 aliphatic heterocycles. The van der Waals surface area contributed by atoms with Crippen LogP contribution in [-0.2, 0) is 16.0 Å². The van der Waals surface area contributed by atoms with E-state index in [1.54, 1.807) is 30.5 Å². The highest BCUT2D eigenvalue weighted by Crippen LogP contribution is 2.25. The van der Waals surface area contributed by atoms with Crippen molar-refractivity contribution in [1.29, 1.82) is 0 Å². The second-order valence-electron chi connectivity index (χ2n) is 7.10. The number of pyridine rings is 1. The molecule has 6 heteroatoms. The summed E-state index contributed by atoms with van der Waals surface area (Å²) >= 11 is 1.64. The minimum Gasteiger partial charge on any atom is -0.469 e. The molecule has 0 bridgehead atoms. The Labute approximate surface area is 203 Å². The van der Waals surface area contributed by atoms with Gasteiger partial charge < -0.3 is 9.64 Å². The number of carbonyl (C=O) groups excluding carboxylic acids is 1. The Morgan fingerprint density at radius 3 is 2.30 bits per heavy atom. The van der Waals surface area contributed by atoms with Gasteiger partial charge in [0.25, 0.3) is 0 Å². The van der Waals surface area contributed by atoms with Crippen molar-refractivity contribution in [3.63, 3.8) is 0 Å². The van der Waals surface area contributed by atoms with E-state index in [1.165, 1.54) is 17.6 Å². The van der Waals surface area contributed by atoms with Crippen LogP contribution in [0.4, 0.5) is 0 Å². The number of nitrogens with zero attached hydrogens (tertiary/aromatic N) is 3. The second-order valence-corrected chi connectivity index (χ2v) is 8.04. The highest BCUT2D eigenvalue weighted by molar-refractivity contribution is 8.02. The van der Waals surface area contributed by atoms with Crippen molar-refractivity contribution in [1.82, 2.24) is 9.88 Å². The number of ether oxygens (including phenoxy) is 1. The average Bonchev–Trinajstić information content (AvgIpc) is 2.85. The standard InChI is InChI=1S/C22H30N2O2S.C5H5N/c1-6-9-19(10-8-11-22(25)26-5)21(23-17-24(3)4)16-27-20-14-12-18(7-2)13-15-20;1-2-4-6-5-3-1/h8-10,12-17H,6-7,11H2,1-5H3;1-5H/b10-8-,19-9+,21-16+,23-17?;. The van der Waals surface area contributed by atoms with Gasteiger partial charge in [-0.1, -0.05) is 62.0 Å². The van der Waals surface area contributed by atoms with Crippen molar-refractivity contribution in [2.75, 3.05) is 21.2 Å². The summed E-state index contributed by atoms with van der Waals surface area (Å²) in [5.74, 6) is -0.255. The third-order valence-electron chi connectivity index (χ3n) is 4.16. The maximum Gasteiger partial charge on any atom is 0.309 e. The van der Waals surface area contributed by atoms with Gasteiger partial charge in [0.1, 0.15) is 0 Å². The highest BCUT2D eigenvalue weighted by atomic mass is 32.2. The zero-order valence-electron chi connectivity index (χ0n) is 20.3. The van der Waals surface area contributed by atoms with E-state index < -0.39 is 0 Å². The quantitative estimate of drug-likeness (QED) is 0.135. The Kier molecular flexibility index (Phi) is 14.7. The van der Waals surface area contributed by atoms with Gasteiger partial charge in [-0.05, 0) is 48.2 Å². The van der Waals surface area contributed by atoms with Crippen molar-refractivity contribution < 1.29 is 9.53 Å². The number of hydrogen-bond donors (Lipinski definition) is 0. The number of hydrogen-bond acceptors (Lipinski definition) is 5. The molecular weight excluding hydrogens is 430 g/mol. The van der Waals surface area contributed by atoms with Crippen LogP contribution in [0.1, 0.15) is 32.3 Å². The van der Waals surface area contributed by atoms with Gasteiger partial charge in [-0.2, -0.15) is 0 Å². The minimum absolute atomic E-state index is 0.244. The molecule has 0 unspecified atom stereocenters. The van der Waals surface area contributed by atoms with Crippen LogP contribution in [0.5, 0.6) is 0 Å². The molecular formula is C27H35N3O2S. The lowest BCUT2D eigenvalue weighted by atomic mass is 10.1. The fraction of sp³-hybridized carbons (Fsp3) is 0.296. The zero-order chi connectivity index (χ0) is 24.3. The van der Waals surface area contributed by atoms with Gasteiger partial charge in [0.2, 0.25) is 0 Å². The van der Waals surface area contributed by atoms with Crippen LogP contribution in [0.3, 0.4) is 0 Å². The molecule has 0 aliphatic carbocycles. The fourth-order valence-electron chi connectivity index (χ4n) is 2.43. The van der Waals surface area contributed by atoms with E-state index in [9.17, 15) is 4.79 Å². The number of aliphatic imine (C=N–C) groups is 1. The summed E-state index contributed by atoms with van der Waals surface area (Å²) in [5.41, 5.74) is 3.17. The number of allylic oxidation sites excluding steroid dienone is 2. The summed E-state index contributed by atoms with van der Waals surface area (Å²) in [6.07, 6.45) is 13.3. The lowest BCUT2D eigenvalue weighted by Crippen LogP contribution is -2.07. The maximum atomic E-state index is 11.4. The molecule has 2 rings (SSSR count). The van der Waals surface area contributed by atoms with Crippen LogP contribution >= 0.6 is 11.8 Å². The molecule has 0 aliphatic rings. The Morgan fingerprint density at radius 1 is 1.12 bits per heavy atom. The zero-order valence-corrected chi connectivity index (χ0v) is 21.1. The van der Waals surface area contributed by atoms with E-state index in [0.717, 1.165) is 24.1 Å². The van der Waals surface area contributed by atoms with Crippen LogP contribution in [0, 0.1) is 0 Å². The molecule has 33 heavy (non-hydrogen) atoms. The van der Waals surface area contributed by atoms with Crippen LogP contribution in [0.2, 0.25) is 0 Å². The van der Waals surface area contributed by atoms with Crippen molar-refractivity contribution in [3.8, 4) is 0 Å². The summed E-state index contributed by atoms with van der Waals surface area (Å²) in [6, 6.07) is 14.3. The van der Waals surface area contributed by atoms with Crippen molar-refractivity contribution in [2.24, 2.45) is 4.99 Å². The molecule has 5 nitrogen and oxygen atoms in total. The van der Waals surface area contributed by atoms with Crippen LogP contribution < -0.4 is 0 Å². The normalized spacial score (nSPS) is 11.9. The van der Waals surface area contributed by atoms with Crippen LogP contribution in [-0.4, -0.2) is 43.4 Å². The number of esters is 1. The summed E-state index contributed by atoms with van der Waals surface area (Å²) in [7, 11) is 5.27. The van der Waals surface area contributed by atoms with Crippen molar-refractivity contribution in [3.05, 3.63) is 95.3 Å². The molecule has 0 saturated carbocycles. The Morgan fingerprint density at radius 2 is 1.82 bits per heavy atom. The van der Waals surface area contributed by atoms with Crippen LogP contribution in [0.25, 0.3) is 0 Å². The molecule has 0 N–H and O–H groups in total. The topological polar surface area (TPSA) is 54.8 Å². The van der Waals surface area contributed by atoms with E-state index in [4.69, 9.17) is 4.74 Å². The number of aromatic nitrogens is 1. The van der Waals surface area contributed by atoms with Gasteiger partial charge >= 0.3 is 5.97 Å². The summed E-state index contributed by atoms with van der Waals surface area (Å²) in [6.45, 7) is 4.23. The largest absolute Gasteiger partial charge is 0.469 e. The summed E-state index contributed by atoms with van der Waals surface area (Å²) in [5, 5.41) is 2.05. The van der Waals surface area contributed by atoms with E-state index in [2.05, 4.69) is 54.2 Å². The monoisotopic (exact) mass is 465 g/mol. The van der Waals surface area contributed by atoms with Gasteiger partial charge in [0.05, 0.1) is 25.6 Å². The molecule has 0 radical (unpaired) electrons. The van der Waals surface area contributed by atoms with E-state index in [0.29, 0.717) is 0 Å². The van der Waals surface area contributed by atoms with Gasteiger partial charge in [-0.15, -0.1) is 0 Å². The molecule has 2 aromatic rings. The summed E-state index contributed by atoms with van der Waals surface area (Å²) in [4.78, 5) is 22.8. The number of rotatable bonds is 10. The SMILES string of the molecule is CC/C=C(\C=C/CC(=O)OC)C(=C\Sc1ccc(CC)cc1)/N=CN(C)C.c1ccncc1. The lowest BCUT2D eigenvalue weighted by Gasteiger charge is -2.08. The number of methoxy groups -OCH3 is 1. The van der Waals surface area contributed by atoms with Gasteiger partial charge in [-0.3, -0.25) is 9.78 Å². The number of thioether (sulfide) groups is 1. The molecule has 1 aromatic heterocycles. The lowest BCUT2D eigenvalue weighted by molar-refractivity contribution is -0.139. The first-order chi connectivity index (χ1) is 16.0. The first-order valence-electron chi connectivity index (χ1n) is 10.9. The second kappa shape index (κ2) is 17.4. The minimum atomic E-state index is -0.255. The Bertz CT molecular complexity index is 891. The molecule has 176 valence electrons. The fourth-order valence-corrected chi connectivity index (χ4v) is 3.17. The third kappa shape index (κ3) is 13.1. The Hall–Kier alpha value is -3.12. The predicted molar refractivity (Wildman–Crippen MR) is 140 cm³/mol. The molecule has 0 atom stereocenters. The first kappa shape index (κ1) is 27.9. The summed E-state index contributed by atoms with van der Waals surface area (Å²) < 4.78 is 4.69. The van der Waals surface area contributed by atoms with Crippen LogP contribution in [0.15, 0.2) is 99.7 Å². The van der Waals surface area contributed by atoms with Gasteiger partial charge in [0.15, 0.2) is 0 Å². The van der Waals surface area contributed by atoms with E-state index in [-0.39, 0.29) is 12.4 Å². The van der Waals surface area contributed by atoms with E-state index >= 15 is 0 Å². The number of benzene rings is 1.